The molecular formula is C17H16BrN3O2S. The number of rotatable bonds is 4. The average molecular weight is 406 g/mol. The van der Waals surface area contributed by atoms with E-state index < -0.39 is 0 Å². The Morgan fingerprint density at radius 2 is 1.71 bits per heavy atom. The van der Waals surface area contributed by atoms with Crippen molar-refractivity contribution in [1.82, 2.24) is 10.6 Å². The van der Waals surface area contributed by atoms with Gasteiger partial charge in [-0.15, -0.1) is 0 Å². The van der Waals surface area contributed by atoms with Crippen molar-refractivity contribution in [3.05, 3.63) is 64.1 Å². The molecule has 3 N–H and O–H groups in total. The SMILES string of the molecule is CCNC(=O)c1ccc(NC(=S)NC(=O)c2ccccc2Br)cc1. The van der Waals surface area contributed by atoms with Gasteiger partial charge in [-0.1, -0.05) is 12.1 Å². The van der Waals surface area contributed by atoms with Crippen molar-refractivity contribution < 1.29 is 9.59 Å². The largest absolute Gasteiger partial charge is 0.352 e. The second kappa shape index (κ2) is 8.56. The third-order valence-electron chi connectivity index (χ3n) is 3.09. The summed E-state index contributed by atoms with van der Waals surface area (Å²) in [6, 6.07) is 13.9. The molecule has 0 aliphatic carbocycles. The van der Waals surface area contributed by atoms with Crippen LogP contribution in [-0.2, 0) is 0 Å². The minimum atomic E-state index is -0.307. The predicted molar refractivity (Wildman–Crippen MR) is 102 cm³/mol. The van der Waals surface area contributed by atoms with Gasteiger partial charge in [0.15, 0.2) is 5.11 Å². The van der Waals surface area contributed by atoms with Crippen LogP contribution in [0.5, 0.6) is 0 Å². The number of nitrogens with one attached hydrogen (secondary N) is 3. The highest BCUT2D eigenvalue weighted by Crippen LogP contribution is 2.15. The molecule has 7 heteroatoms. The molecule has 2 amide bonds. The zero-order chi connectivity index (χ0) is 17.5. The van der Waals surface area contributed by atoms with Gasteiger partial charge in [-0.25, -0.2) is 0 Å². The van der Waals surface area contributed by atoms with E-state index in [9.17, 15) is 9.59 Å². The minimum Gasteiger partial charge on any atom is -0.352 e. The number of anilines is 1. The maximum Gasteiger partial charge on any atom is 0.258 e. The average Bonchev–Trinajstić information content (AvgIpc) is 2.56. The molecule has 124 valence electrons. The number of thiocarbonyl (C=S) groups is 1. The Morgan fingerprint density at radius 3 is 2.33 bits per heavy atom. The normalized spacial score (nSPS) is 9.92. The van der Waals surface area contributed by atoms with Gasteiger partial charge in [-0.05, 0) is 71.5 Å². The molecule has 0 aliphatic heterocycles. The van der Waals surface area contributed by atoms with Gasteiger partial charge in [0.2, 0.25) is 0 Å². The van der Waals surface area contributed by atoms with E-state index in [1.54, 1.807) is 42.5 Å². The van der Waals surface area contributed by atoms with Gasteiger partial charge in [0, 0.05) is 22.3 Å². The van der Waals surface area contributed by atoms with Crippen molar-refractivity contribution in [2.45, 2.75) is 6.92 Å². The van der Waals surface area contributed by atoms with E-state index in [4.69, 9.17) is 12.2 Å². The molecule has 0 spiro atoms. The number of halogens is 1. The number of benzene rings is 2. The maximum absolute atomic E-state index is 12.2. The van der Waals surface area contributed by atoms with E-state index in [-0.39, 0.29) is 16.9 Å². The lowest BCUT2D eigenvalue weighted by atomic mass is 10.2. The van der Waals surface area contributed by atoms with Crippen LogP contribution in [0.2, 0.25) is 0 Å². The summed E-state index contributed by atoms with van der Waals surface area (Å²) >= 11 is 8.47. The van der Waals surface area contributed by atoms with Crippen LogP contribution >= 0.6 is 28.1 Å². The third kappa shape index (κ3) is 4.87. The molecule has 0 unspecified atom stereocenters. The fourth-order valence-electron chi connectivity index (χ4n) is 1.95. The summed E-state index contributed by atoms with van der Waals surface area (Å²) in [5, 5.41) is 8.43. The molecule has 0 bridgehead atoms. The van der Waals surface area contributed by atoms with Crippen molar-refractivity contribution in [3.63, 3.8) is 0 Å². The van der Waals surface area contributed by atoms with Gasteiger partial charge in [0.05, 0.1) is 5.56 Å². The second-order valence-corrected chi connectivity index (χ2v) is 6.09. The smallest absolute Gasteiger partial charge is 0.258 e. The van der Waals surface area contributed by atoms with Crippen molar-refractivity contribution >= 4 is 50.8 Å². The molecule has 0 aliphatic rings. The Hall–Kier alpha value is -2.25. The summed E-state index contributed by atoms with van der Waals surface area (Å²) in [6.07, 6.45) is 0. The first-order valence-corrected chi connectivity index (χ1v) is 8.46. The van der Waals surface area contributed by atoms with E-state index in [2.05, 4.69) is 31.9 Å². The van der Waals surface area contributed by atoms with Gasteiger partial charge in [0.1, 0.15) is 0 Å². The first-order valence-electron chi connectivity index (χ1n) is 7.26. The molecule has 0 aromatic heterocycles. The van der Waals surface area contributed by atoms with E-state index in [0.717, 1.165) is 0 Å². The van der Waals surface area contributed by atoms with Gasteiger partial charge >= 0.3 is 0 Å². The molecule has 0 saturated carbocycles. The molecular weight excluding hydrogens is 390 g/mol. The predicted octanol–water partition coefficient (Wildman–Crippen LogP) is 3.33. The van der Waals surface area contributed by atoms with E-state index in [1.807, 2.05) is 13.0 Å². The molecule has 2 aromatic carbocycles. The van der Waals surface area contributed by atoms with Crippen molar-refractivity contribution in [3.8, 4) is 0 Å². The van der Waals surface area contributed by atoms with Gasteiger partial charge in [-0.3, -0.25) is 14.9 Å². The monoisotopic (exact) mass is 405 g/mol. The molecule has 0 fully saturated rings. The van der Waals surface area contributed by atoms with Crippen molar-refractivity contribution in [1.29, 1.82) is 0 Å². The van der Waals surface area contributed by atoms with Crippen molar-refractivity contribution in [2.24, 2.45) is 0 Å². The minimum absolute atomic E-state index is 0.131. The fraction of sp³-hybridized carbons (Fsp3) is 0.118. The third-order valence-corrected chi connectivity index (χ3v) is 3.98. The number of hydrogen-bond donors (Lipinski definition) is 3. The summed E-state index contributed by atoms with van der Waals surface area (Å²) in [4.78, 5) is 23.9. The second-order valence-electron chi connectivity index (χ2n) is 4.82. The Labute approximate surface area is 154 Å². The lowest BCUT2D eigenvalue weighted by molar-refractivity contribution is 0.0953. The fourth-order valence-corrected chi connectivity index (χ4v) is 2.62. The summed E-state index contributed by atoms with van der Waals surface area (Å²) in [5.41, 5.74) is 1.74. The van der Waals surface area contributed by atoms with Crippen LogP contribution in [0.3, 0.4) is 0 Å². The Bertz CT molecular complexity index is 763. The van der Waals surface area contributed by atoms with Crippen LogP contribution < -0.4 is 16.0 Å². The molecule has 5 nitrogen and oxygen atoms in total. The molecule has 0 atom stereocenters. The molecule has 0 heterocycles. The summed E-state index contributed by atoms with van der Waals surface area (Å²) in [7, 11) is 0. The van der Waals surface area contributed by atoms with Crippen LogP contribution in [0.1, 0.15) is 27.6 Å². The first kappa shape index (κ1) is 18.1. The Kier molecular flexibility index (Phi) is 6.45. The van der Waals surface area contributed by atoms with Crippen LogP contribution in [0.25, 0.3) is 0 Å². The highest BCUT2D eigenvalue weighted by atomic mass is 79.9. The quantitative estimate of drug-likeness (QED) is 0.682. The van der Waals surface area contributed by atoms with E-state index in [0.29, 0.717) is 27.8 Å². The van der Waals surface area contributed by atoms with Gasteiger partial charge < -0.3 is 10.6 Å². The van der Waals surface area contributed by atoms with Crippen LogP contribution in [-0.4, -0.2) is 23.5 Å². The van der Waals surface area contributed by atoms with Gasteiger partial charge in [-0.2, -0.15) is 0 Å². The van der Waals surface area contributed by atoms with Crippen LogP contribution in [0.4, 0.5) is 5.69 Å². The van der Waals surface area contributed by atoms with Crippen LogP contribution in [0, 0.1) is 0 Å². The molecule has 2 rings (SSSR count). The number of hydrogen-bond acceptors (Lipinski definition) is 3. The lowest BCUT2D eigenvalue weighted by Gasteiger charge is -2.11. The molecule has 24 heavy (non-hydrogen) atoms. The van der Waals surface area contributed by atoms with E-state index in [1.165, 1.54) is 0 Å². The Morgan fingerprint density at radius 1 is 1.04 bits per heavy atom. The molecule has 0 saturated heterocycles. The topological polar surface area (TPSA) is 70.2 Å². The lowest BCUT2D eigenvalue weighted by Crippen LogP contribution is -2.34. The zero-order valence-corrected chi connectivity index (χ0v) is 15.3. The van der Waals surface area contributed by atoms with Crippen molar-refractivity contribution in [2.75, 3.05) is 11.9 Å². The van der Waals surface area contributed by atoms with Crippen LogP contribution in [0.15, 0.2) is 53.0 Å². The zero-order valence-electron chi connectivity index (χ0n) is 12.9. The van der Waals surface area contributed by atoms with Gasteiger partial charge in [0.25, 0.3) is 11.8 Å². The maximum atomic E-state index is 12.2. The standard InChI is InChI=1S/C17H16BrN3O2S/c1-2-19-15(22)11-7-9-12(10-8-11)20-17(24)21-16(23)13-5-3-4-6-14(13)18/h3-10H,2H2,1H3,(H,19,22)(H2,20,21,23,24). The summed E-state index contributed by atoms with van der Waals surface area (Å²) < 4.78 is 0.691. The highest BCUT2D eigenvalue weighted by molar-refractivity contribution is 9.10. The summed E-state index contributed by atoms with van der Waals surface area (Å²) in [6.45, 7) is 2.43. The Balaban J connectivity index is 1.96. The highest BCUT2D eigenvalue weighted by Gasteiger charge is 2.11. The first-order chi connectivity index (χ1) is 11.5. The molecule has 2 aromatic rings. The number of carbonyl (C=O) groups is 2. The molecule has 0 radical (unpaired) electrons. The van der Waals surface area contributed by atoms with E-state index >= 15 is 0 Å². The number of amides is 2. The summed E-state index contributed by atoms with van der Waals surface area (Å²) in [5.74, 6) is -0.437. The number of carbonyl (C=O) groups excluding carboxylic acids is 2.